The summed E-state index contributed by atoms with van der Waals surface area (Å²) in [5.41, 5.74) is -0.189. The summed E-state index contributed by atoms with van der Waals surface area (Å²) in [6.07, 6.45) is 2.41. The monoisotopic (exact) mass is 478 g/mol. The van der Waals surface area contributed by atoms with Gasteiger partial charge >= 0.3 is 6.09 Å². The van der Waals surface area contributed by atoms with Gasteiger partial charge in [-0.3, -0.25) is 20.3 Å². The number of carbonyl (C=O) groups is 2. The molecule has 1 fully saturated rings. The lowest BCUT2D eigenvalue weighted by Crippen LogP contribution is -2.54. The van der Waals surface area contributed by atoms with E-state index in [0.717, 1.165) is 0 Å². The normalized spacial score (nSPS) is 18.0. The van der Waals surface area contributed by atoms with E-state index in [1.165, 1.54) is 6.20 Å². The van der Waals surface area contributed by atoms with E-state index in [-0.39, 0.29) is 16.5 Å². The average molecular weight is 479 g/mol. The second-order valence-corrected chi connectivity index (χ2v) is 8.85. The number of carbonyl (C=O) groups excluding carboxylic acids is 2. The van der Waals surface area contributed by atoms with Crippen LogP contribution in [0.5, 0.6) is 0 Å². The highest BCUT2D eigenvalue weighted by Crippen LogP contribution is 2.30. The Kier molecular flexibility index (Phi) is 6.83. The average Bonchev–Trinajstić information content (AvgIpc) is 2.66. The Balaban J connectivity index is 1.93. The van der Waals surface area contributed by atoms with Crippen molar-refractivity contribution in [3.63, 3.8) is 0 Å². The van der Waals surface area contributed by atoms with E-state index in [2.05, 4.69) is 15.6 Å². The number of nitrogens with one attached hydrogen (secondary N) is 2. The highest BCUT2D eigenvalue weighted by Gasteiger charge is 2.34. The van der Waals surface area contributed by atoms with E-state index >= 15 is 0 Å². The Morgan fingerprint density at radius 2 is 1.97 bits per heavy atom. The van der Waals surface area contributed by atoms with Crippen molar-refractivity contribution in [1.82, 2.24) is 10.3 Å². The van der Waals surface area contributed by atoms with Crippen molar-refractivity contribution >= 4 is 70.1 Å². The van der Waals surface area contributed by atoms with Gasteiger partial charge in [-0.2, -0.15) is 0 Å². The van der Waals surface area contributed by atoms with Gasteiger partial charge in [0.1, 0.15) is 16.9 Å². The molecule has 1 aromatic carbocycles. The zero-order valence-electron chi connectivity index (χ0n) is 17.0. The SMILES string of the molecule is CC(C)(C)OC(=O)Nc1ncccc1/C=C1/C(=O)NC(=S)N(c2ccc(Cl)cc2)C1Cl. The van der Waals surface area contributed by atoms with Gasteiger partial charge < -0.3 is 4.74 Å². The lowest BCUT2D eigenvalue weighted by Gasteiger charge is -2.35. The minimum absolute atomic E-state index is 0.169. The van der Waals surface area contributed by atoms with E-state index in [0.29, 0.717) is 16.3 Å². The minimum Gasteiger partial charge on any atom is -0.444 e. The van der Waals surface area contributed by atoms with Crippen LogP contribution in [-0.4, -0.2) is 33.2 Å². The number of hydrogen-bond donors (Lipinski definition) is 2. The maximum atomic E-state index is 12.6. The molecule has 1 aliphatic rings. The Morgan fingerprint density at radius 1 is 1.29 bits per heavy atom. The van der Waals surface area contributed by atoms with E-state index in [9.17, 15) is 9.59 Å². The third-order valence-electron chi connectivity index (χ3n) is 4.06. The first-order chi connectivity index (χ1) is 14.5. The smallest absolute Gasteiger partial charge is 0.413 e. The zero-order chi connectivity index (χ0) is 22.8. The van der Waals surface area contributed by atoms with Crippen LogP contribution in [0, 0.1) is 0 Å². The number of aromatic nitrogens is 1. The highest BCUT2D eigenvalue weighted by atomic mass is 35.5. The summed E-state index contributed by atoms with van der Waals surface area (Å²) in [5.74, 6) is -0.214. The molecule has 1 aliphatic heterocycles. The molecule has 0 bridgehead atoms. The van der Waals surface area contributed by atoms with Crippen LogP contribution >= 0.6 is 35.4 Å². The first kappa shape index (κ1) is 23.0. The molecule has 162 valence electrons. The summed E-state index contributed by atoms with van der Waals surface area (Å²) in [5, 5.41) is 5.96. The molecule has 0 saturated carbocycles. The molecule has 3 rings (SSSR count). The van der Waals surface area contributed by atoms with Gasteiger partial charge in [-0.05, 0) is 75.5 Å². The second-order valence-electron chi connectivity index (χ2n) is 7.61. The van der Waals surface area contributed by atoms with Gasteiger partial charge in [0.15, 0.2) is 5.11 Å². The molecule has 0 spiro atoms. The molecule has 1 atom stereocenters. The maximum absolute atomic E-state index is 12.6. The number of hydrogen-bond acceptors (Lipinski definition) is 5. The first-order valence-electron chi connectivity index (χ1n) is 9.26. The standard InChI is InChI=1S/C21H20Cl2N4O3S/c1-21(2,3)30-20(29)25-17-12(5-4-10-24-17)11-15-16(23)27(19(31)26-18(15)28)14-8-6-13(22)7-9-14/h4-11,16H,1-3H3,(H,24,25,29)(H,26,28,31)/b15-11+. The number of alkyl halides is 1. The molecule has 2 heterocycles. The maximum Gasteiger partial charge on any atom is 0.413 e. The van der Waals surface area contributed by atoms with Gasteiger partial charge in [0.25, 0.3) is 5.91 Å². The Hall–Kier alpha value is -2.68. The number of benzene rings is 1. The number of ether oxygens (including phenoxy) is 1. The third-order valence-corrected chi connectivity index (χ3v) is 5.04. The molecule has 0 aliphatic carbocycles. The molecule has 10 heteroatoms. The van der Waals surface area contributed by atoms with Crippen molar-refractivity contribution < 1.29 is 14.3 Å². The Labute approximate surface area is 195 Å². The number of anilines is 2. The molecular weight excluding hydrogens is 459 g/mol. The van der Waals surface area contributed by atoms with E-state index in [1.807, 2.05) is 0 Å². The van der Waals surface area contributed by atoms with Crippen LogP contribution in [0.3, 0.4) is 0 Å². The lowest BCUT2D eigenvalue weighted by atomic mass is 10.1. The largest absolute Gasteiger partial charge is 0.444 e. The predicted molar refractivity (Wildman–Crippen MR) is 126 cm³/mol. The van der Waals surface area contributed by atoms with Crippen molar-refractivity contribution in [2.24, 2.45) is 0 Å². The van der Waals surface area contributed by atoms with Crippen molar-refractivity contribution in [2.75, 3.05) is 10.2 Å². The minimum atomic E-state index is -0.892. The fraction of sp³-hybridized carbons (Fsp3) is 0.238. The van der Waals surface area contributed by atoms with Gasteiger partial charge in [-0.1, -0.05) is 23.2 Å². The van der Waals surface area contributed by atoms with Crippen molar-refractivity contribution in [3.8, 4) is 0 Å². The first-order valence-corrected chi connectivity index (χ1v) is 10.5. The molecule has 2 aromatic rings. The quantitative estimate of drug-likeness (QED) is 0.281. The molecule has 7 nitrogen and oxygen atoms in total. The summed E-state index contributed by atoms with van der Waals surface area (Å²) < 4.78 is 5.28. The van der Waals surface area contributed by atoms with Crippen LogP contribution in [-0.2, 0) is 9.53 Å². The topological polar surface area (TPSA) is 83.6 Å². The molecule has 1 saturated heterocycles. The van der Waals surface area contributed by atoms with E-state index in [1.54, 1.807) is 68.1 Å². The molecule has 31 heavy (non-hydrogen) atoms. The van der Waals surface area contributed by atoms with Crippen LogP contribution in [0.15, 0.2) is 48.2 Å². The summed E-state index contributed by atoms with van der Waals surface area (Å²) in [6.45, 7) is 5.27. The number of amides is 2. The van der Waals surface area contributed by atoms with Gasteiger partial charge in [0.05, 0.1) is 5.57 Å². The lowest BCUT2D eigenvalue weighted by molar-refractivity contribution is -0.116. The summed E-state index contributed by atoms with van der Waals surface area (Å²) in [4.78, 5) is 30.6. The van der Waals surface area contributed by atoms with Gasteiger partial charge in [-0.25, -0.2) is 9.78 Å². The number of halogens is 2. The highest BCUT2D eigenvalue weighted by molar-refractivity contribution is 7.80. The van der Waals surface area contributed by atoms with Crippen molar-refractivity contribution in [1.29, 1.82) is 0 Å². The van der Waals surface area contributed by atoms with Gasteiger partial charge in [0, 0.05) is 22.5 Å². The summed E-state index contributed by atoms with van der Waals surface area (Å²) in [6, 6.07) is 10.3. The summed E-state index contributed by atoms with van der Waals surface area (Å²) >= 11 is 17.9. The molecule has 1 unspecified atom stereocenters. The number of nitrogens with zero attached hydrogens (tertiary/aromatic N) is 2. The number of pyridine rings is 1. The Morgan fingerprint density at radius 3 is 2.61 bits per heavy atom. The summed E-state index contributed by atoms with van der Waals surface area (Å²) in [7, 11) is 0. The molecule has 2 amide bonds. The molecule has 0 radical (unpaired) electrons. The zero-order valence-corrected chi connectivity index (χ0v) is 19.3. The van der Waals surface area contributed by atoms with E-state index in [4.69, 9.17) is 40.2 Å². The predicted octanol–water partition coefficient (Wildman–Crippen LogP) is 4.95. The third kappa shape index (κ3) is 5.72. The number of rotatable bonds is 3. The van der Waals surface area contributed by atoms with Crippen molar-refractivity contribution in [3.05, 3.63) is 58.8 Å². The fourth-order valence-electron chi connectivity index (χ4n) is 2.77. The van der Waals surface area contributed by atoms with Gasteiger partial charge in [0.2, 0.25) is 0 Å². The van der Waals surface area contributed by atoms with Crippen LogP contribution in [0.1, 0.15) is 26.3 Å². The molecule has 2 N–H and O–H groups in total. The molecular formula is C21H20Cl2N4O3S. The van der Waals surface area contributed by atoms with Crippen LogP contribution in [0.2, 0.25) is 5.02 Å². The molecule has 1 aromatic heterocycles. The number of thiocarbonyl (C=S) groups is 1. The van der Waals surface area contributed by atoms with E-state index < -0.39 is 23.1 Å². The van der Waals surface area contributed by atoms with Crippen LogP contribution in [0.4, 0.5) is 16.3 Å². The Bertz CT molecular complexity index is 1050. The van der Waals surface area contributed by atoms with Crippen LogP contribution < -0.4 is 15.5 Å². The van der Waals surface area contributed by atoms with Gasteiger partial charge in [-0.15, -0.1) is 0 Å². The van der Waals surface area contributed by atoms with Crippen molar-refractivity contribution in [2.45, 2.75) is 31.9 Å². The second kappa shape index (κ2) is 9.21. The van der Waals surface area contributed by atoms with Crippen LogP contribution in [0.25, 0.3) is 6.08 Å². The fourth-order valence-corrected chi connectivity index (χ4v) is 3.63.